The fourth-order valence-corrected chi connectivity index (χ4v) is 1.01. The number of aromatic nitrogens is 1. The molecule has 5 nitrogen and oxygen atoms in total. The molecule has 14 heavy (non-hydrogen) atoms. The van der Waals surface area contributed by atoms with Crippen molar-refractivity contribution in [2.75, 3.05) is 5.73 Å². The molecule has 1 atom stereocenters. The van der Waals surface area contributed by atoms with Gasteiger partial charge < -0.3 is 16.6 Å². The second-order valence-corrected chi connectivity index (χ2v) is 3.07. The molecule has 0 fully saturated rings. The number of aryl methyl sites for hydroxylation is 1. The van der Waals surface area contributed by atoms with E-state index in [1.54, 1.807) is 18.3 Å². The number of nitrogen functional groups attached to an aromatic ring is 1. The highest BCUT2D eigenvalue weighted by Crippen LogP contribution is 2.04. The number of anilines is 1. The molecular weight excluding hydrogens is 182 g/mol. The molecule has 0 unspecified atom stereocenters. The third-order valence-corrected chi connectivity index (χ3v) is 1.88. The number of pyridine rings is 1. The summed E-state index contributed by atoms with van der Waals surface area (Å²) in [5.74, 6) is -0.986. The first-order valence-corrected chi connectivity index (χ1v) is 4.28. The molecule has 1 aromatic heterocycles. The van der Waals surface area contributed by atoms with Gasteiger partial charge in [-0.25, -0.2) is 0 Å². The first-order chi connectivity index (χ1) is 6.59. The third kappa shape index (κ3) is 3.02. The van der Waals surface area contributed by atoms with Gasteiger partial charge in [0.05, 0.1) is 11.9 Å². The van der Waals surface area contributed by atoms with Crippen LogP contribution in [0.25, 0.3) is 0 Å². The van der Waals surface area contributed by atoms with Crippen molar-refractivity contribution in [2.24, 2.45) is 5.73 Å². The van der Waals surface area contributed by atoms with E-state index in [2.05, 4.69) is 4.98 Å². The van der Waals surface area contributed by atoms with Crippen LogP contribution in [0.5, 0.6) is 0 Å². The van der Waals surface area contributed by atoms with E-state index in [9.17, 15) is 4.79 Å². The highest BCUT2D eigenvalue weighted by atomic mass is 16.4. The van der Waals surface area contributed by atoms with Crippen LogP contribution in [0.2, 0.25) is 0 Å². The van der Waals surface area contributed by atoms with Crippen LogP contribution in [0.1, 0.15) is 12.1 Å². The number of carboxylic acid groups (broad SMARTS) is 1. The van der Waals surface area contributed by atoms with Crippen LogP contribution in [0, 0.1) is 0 Å². The second-order valence-electron chi connectivity index (χ2n) is 3.07. The Kier molecular flexibility index (Phi) is 3.41. The molecule has 1 rings (SSSR count). The normalized spacial score (nSPS) is 12.4. The van der Waals surface area contributed by atoms with E-state index in [-0.39, 0.29) is 0 Å². The molecule has 0 bridgehead atoms. The maximum atomic E-state index is 10.4. The van der Waals surface area contributed by atoms with Gasteiger partial charge in [-0.3, -0.25) is 9.78 Å². The number of hydrogen-bond donors (Lipinski definition) is 3. The Morgan fingerprint density at radius 2 is 2.29 bits per heavy atom. The lowest BCUT2D eigenvalue weighted by atomic mass is 10.1. The van der Waals surface area contributed by atoms with Crippen molar-refractivity contribution in [3.63, 3.8) is 0 Å². The average Bonchev–Trinajstić information content (AvgIpc) is 2.16. The van der Waals surface area contributed by atoms with Gasteiger partial charge in [-0.05, 0) is 25.0 Å². The summed E-state index contributed by atoms with van der Waals surface area (Å²) in [6, 6.07) is 2.67. The van der Waals surface area contributed by atoms with Gasteiger partial charge in [0.2, 0.25) is 0 Å². The van der Waals surface area contributed by atoms with Crippen LogP contribution < -0.4 is 11.5 Å². The van der Waals surface area contributed by atoms with Crippen LogP contribution in [0.15, 0.2) is 18.3 Å². The molecular formula is C9H13N3O2. The van der Waals surface area contributed by atoms with Crippen LogP contribution in [-0.2, 0) is 11.2 Å². The molecule has 0 spiro atoms. The topological polar surface area (TPSA) is 102 Å². The molecule has 0 amide bonds. The van der Waals surface area contributed by atoms with E-state index in [0.717, 1.165) is 5.69 Å². The summed E-state index contributed by atoms with van der Waals surface area (Å²) < 4.78 is 0. The molecule has 5 heteroatoms. The minimum absolute atomic E-state index is 0.381. The highest BCUT2D eigenvalue weighted by Gasteiger charge is 2.10. The molecule has 0 aliphatic rings. The average molecular weight is 195 g/mol. The lowest BCUT2D eigenvalue weighted by Crippen LogP contribution is -2.30. The quantitative estimate of drug-likeness (QED) is 0.628. The van der Waals surface area contributed by atoms with Crippen molar-refractivity contribution in [3.05, 3.63) is 24.0 Å². The van der Waals surface area contributed by atoms with Crippen molar-refractivity contribution in [3.8, 4) is 0 Å². The van der Waals surface area contributed by atoms with Crippen molar-refractivity contribution >= 4 is 11.7 Å². The number of carboxylic acids is 1. The molecule has 0 saturated heterocycles. The van der Waals surface area contributed by atoms with Gasteiger partial charge in [0, 0.05) is 5.69 Å². The van der Waals surface area contributed by atoms with Crippen LogP contribution in [0.3, 0.4) is 0 Å². The summed E-state index contributed by atoms with van der Waals surface area (Å²) in [6.45, 7) is 0. The summed E-state index contributed by atoms with van der Waals surface area (Å²) in [4.78, 5) is 14.4. The standard InChI is InChI=1S/C9H13N3O2/c10-6-1-2-7(12-5-6)3-4-8(11)9(13)14/h1-2,5,8H,3-4,10-11H2,(H,13,14)/t8-/m0/s1. The fraction of sp³-hybridized carbons (Fsp3) is 0.333. The number of rotatable bonds is 4. The van der Waals surface area contributed by atoms with E-state index < -0.39 is 12.0 Å². The predicted octanol–water partition coefficient (Wildman–Crippen LogP) is 0.00830. The van der Waals surface area contributed by atoms with Gasteiger partial charge in [0.1, 0.15) is 6.04 Å². The molecule has 0 aromatic carbocycles. The Balaban J connectivity index is 2.46. The lowest BCUT2D eigenvalue weighted by molar-refractivity contribution is -0.138. The van der Waals surface area contributed by atoms with Crippen molar-refractivity contribution in [1.82, 2.24) is 4.98 Å². The maximum Gasteiger partial charge on any atom is 0.320 e. The highest BCUT2D eigenvalue weighted by molar-refractivity contribution is 5.73. The SMILES string of the molecule is Nc1ccc(CC[C@H](N)C(=O)O)nc1. The Bertz CT molecular complexity index is 310. The van der Waals surface area contributed by atoms with Gasteiger partial charge in [0.25, 0.3) is 0 Å². The minimum atomic E-state index is -0.986. The van der Waals surface area contributed by atoms with Crippen LogP contribution >= 0.6 is 0 Å². The van der Waals surface area contributed by atoms with E-state index in [1.807, 2.05) is 0 Å². The number of hydrogen-bond acceptors (Lipinski definition) is 4. The predicted molar refractivity (Wildman–Crippen MR) is 52.6 cm³/mol. The Morgan fingerprint density at radius 3 is 2.79 bits per heavy atom. The zero-order chi connectivity index (χ0) is 10.6. The smallest absolute Gasteiger partial charge is 0.320 e. The molecule has 5 N–H and O–H groups in total. The molecule has 0 saturated carbocycles. The van der Waals surface area contributed by atoms with E-state index in [0.29, 0.717) is 18.5 Å². The van der Waals surface area contributed by atoms with Crippen molar-refractivity contribution in [2.45, 2.75) is 18.9 Å². The van der Waals surface area contributed by atoms with E-state index in [1.165, 1.54) is 0 Å². The van der Waals surface area contributed by atoms with Gasteiger partial charge >= 0.3 is 5.97 Å². The summed E-state index contributed by atoms with van der Waals surface area (Å²) in [5, 5.41) is 8.54. The van der Waals surface area contributed by atoms with Crippen molar-refractivity contribution < 1.29 is 9.90 Å². The number of aliphatic carboxylic acids is 1. The van der Waals surface area contributed by atoms with Crippen LogP contribution in [0.4, 0.5) is 5.69 Å². The van der Waals surface area contributed by atoms with E-state index in [4.69, 9.17) is 16.6 Å². The molecule has 1 heterocycles. The largest absolute Gasteiger partial charge is 0.480 e. The Morgan fingerprint density at radius 1 is 1.57 bits per heavy atom. The molecule has 0 radical (unpaired) electrons. The lowest BCUT2D eigenvalue weighted by Gasteiger charge is -2.05. The van der Waals surface area contributed by atoms with Gasteiger partial charge in [-0.15, -0.1) is 0 Å². The number of nitrogens with zero attached hydrogens (tertiary/aromatic N) is 1. The Hall–Kier alpha value is -1.62. The summed E-state index contributed by atoms with van der Waals surface area (Å²) >= 11 is 0. The minimum Gasteiger partial charge on any atom is -0.480 e. The maximum absolute atomic E-state index is 10.4. The van der Waals surface area contributed by atoms with Gasteiger partial charge in [-0.1, -0.05) is 0 Å². The summed E-state index contributed by atoms with van der Waals surface area (Å²) in [6.07, 6.45) is 2.47. The molecule has 76 valence electrons. The van der Waals surface area contributed by atoms with Crippen molar-refractivity contribution in [1.29, 1.82) is 0 Å². The van der Waals surface area contributed by atoms with E-state index >= 15 is 0 Å². The Labute approximate surface area is 81.7 Å². The molecule has 0 aliphatic carbocycles. The van der Waals surface area contributed by atoms with Gasteiger partial charge in [-0.2, -0.15) is 0 Å². The monoisotopic (exact) mass is 195 g/mol. The second kappa shape index (κ2) is 4.57. The molecule has 1 aromatic rings. The summed E-state index contributed by atoms with van der Waals surface area (Å²) in [5.41, 5.74) is 12.2. The number of carbonyl (C=O) groups is 1. The fourth-order valence-electron chi connectivity index (χ4n) is 1.01. The first kappa shape index (κ1) is 10.5. The van der Waals surface area contributed by atoms with Crippen LogP contribution in [-0.4, -0.2) is 22.1 Å². The van der Waals surface area contributed by atoms with Gasteiger partial charge in [0.15, 0.2) is 0 Å². The number of nitrogens with two attached hydrogens (primary N) is 2. The first-order valence-electron chi connectivity index (χ1n) is 4.28. The third-order valence-electron chi connectivity index (χ3n) is 1.88. The zero-order valence-corrected chi connectivity index (χ0v) is 7.68. The zero-order valence-electron chi connectivity index (χ0n) is 7.68. The molecule has 0 aliphatic heterocycles. The summed E-state index contributed by atoms with van der Waals surface area (Å²) in [7, 11) is 0.